The van der Waals surface area contributed by atoms with Gasteiger partial charge in [-0.3, -0.25) is 0 Å². The van der Waals surface area contributed by atoms with E-state index in [4.69, 9.17) is 4.74 Å². The molecule has 15 heavy (non-hydrogen) atoms. The first-order chi connectivity index (χ1) is 7.01. The zero-order chi connectivity index (χ0) is 11.3. The summed E-state index contributed by atoms with van der Waals surface area (Å²) in [4.78, 5) is 0. The molecule has 0 atom stereocenters. The van der Waals surface area contributed by atoms with Crippen molar-refractivity contribution in [1.29, 1.82) is 0 Å². The van der Waals surface area contributed by atoms with Crippen LogP contribution in [0.3, 0.4) is 0 Å². The highest BCUT2D eigenvalue weighted by molar-refractivity contribution is 5.31. The number of hydrogen-bond acceptors (Lipinski definition) is 3. The van der Waals surface area contributed by atoms with Crippen LogP contribution in [0.1, 0.15) is 0 Å². The molecule has 0 spiro atoms. The second-order valence-electron chi connectivity index (χ2n) is 2.57. The molecule has 84 valence electrons. The Morgan fingerprint density at radius 3 is 2.07 bits per heavy atom. The molecule has 0 heterocycles. The van der Waals surface area contributed by atoms with Crippen molar-refractivity contribution in [2.45, 2.75) is 6.36 Å². The number of halogens is 3. The Bertz CT molecular complexity index is 294. The van der Waals surface area contributed by atoms with E-state index in [1.165, 1.54) is 31.4 Å². The van der Waals surface area contributed by atoms with Crippen molar-refractivity contribution in [1.82, 2.24) is 0 Å². The molecule has 0 amide bonds. The van der Waals surface area contributed by atoms with Gasteiger partial charge in [0.2, 0.25) is 0 Å². The molecule has 0 saturated carbocycles. The fourth-order valence-corrected chi connectivity index (χ4v) is 0.865. The number of alkyl halides is 3. The van der Waals surface area contributed by atoms with Crippen LogP contribution in [0, 0.1) is 0 Å². The lowest BCUT2D eigenvalue weighted by molar-refractivity contribution is -0.274. The first-order valence-corrected chi connectivity index (χ1v) is 3.99. The van der Waals surface area contributed by atoms with Crippen LogP contribution in [0.2, 0.25) is 0 Å². The van der Waals surface area contributed by atoms with Gasteiger partial charge in [-0.15, -0.1) is 13.2 Å². The molecular formula is C9H9F3O3. The Kier molecular flexibility index (Phi) is 3.79. The molecule has 0 aliphatic heterocycles. The van der Waals surface area contributed by atoms with Gasteiger partial charge in [0.25, 0.3) is 0 Å². The first kappa shape index (κ1) is 11.6. The Labute approximate surface area is 84.4 Å². The van der Waals surface area contributed by atoms with Gasteiger partial charge in [-0.2, -0.15) is 0 Å². The second-order valence-corrected chi connectivity index (χ2v) is 2.57. The van der Waals surface area contributed by atoms with Gasteiger partial charge >= 0.3 is 6.36 Å². The summed E-state index contributed by atoms with van der Waals surface area (Å²) in [5.74, 6) is 0.124. The van der Waals surface area contributed by atoms with Crippen molar-refractivity contribution < 1.29 is 27.4 Å². The van der Waals surface area contributed by atoms with Gasteiger partial charge in [-0.05, 0) is 24.3 Å². The first-order valence-electron chi connectivity index (χ1n) is 3.99. The molecule has 6 heteroatoms. The highest BCUT2D eigenvalue weighted by Gasteiger charge is 2.30. The fourth-order valence-electron chi connectivity index (χ4n) is 0.865. The summed E-state index contributed by atoms with van der Waals surface area (Å²) in [6.07, 6.45) is -4.67. The maximum Gasteiger partial charge on any atom is 0.573 e. The van der Waals surface area contributed by atoms with Crippen LogP contribution in [-0.4, -0.2) is 20.3 Å². The van der Waals surface area contributed by atoms with Crippen molar-refractivity contribution in [2.75, 3.05) is 13.9 Å². The van der Waals surface area contributed by atoms with Gasteiger partial charge in [0.05, 0.1) is 0 Å². The van der Waals surface area contributed by atoms with Gasteiger partial charge in [0, 0.05) is 7.11 Å². The van der Waals surface area contributed by atoms with Crippen molar-refractivity contribution in [3.63, 3.8) is 0 Å². The average Bonchev–Trinajstić information content (AvgIpc) is 2.14. The van der Waals surface area contributed by atoms with Crippen LogP contribution in [0.4, 0.5) is 13.2 Å². The average molecular weight is 222 g/mol. The molecule has 1 aromatic carbocycles. The largest absolute Gasteiger partial charge is 0.573 e. The highest BCUT2D eigenvalue weighted by Crippen LogP contribution is 2.24. The fraction of sp³-hybridized carbons (Fsp3) is 0.333. The molecule has 3 nitrogen and oxygen atoms in total. The predicted molar refractivity (Wildman–Crippen MR) is 45.6 cm³/mol. The molecule has 0 aliphatic carbocycles. The number of ether oxygens (including phenoxy) is 3. The molecule has 0 radical (unpaired) electrons. The van der Waals surface area contributed by atoms with E-state index in [2.05, 4.69) is 9.47 Å². The van der Waals surface area contributed by atoms with Crippen molar-refractivity contribution in [3.05, 3.63) is 24.3 Å². The lowest BCUT2D eigenvalue weighted by Crippen LogP contribution is -2.16. The SMILES string of the molecule is COCOc1ccc(OC(F)(F)F)cc1. The summed E-state index contributed by atoms with van der Waals surface area (Å²) in [7, 11) is 1.45. The molecule has 1 rings (SSSR count). The van der Waals surface area contributed by atoms with E-state index in [0.29, 0.717) is 5.75 Å². The summed E-state index contributed by atoms with van der Waals surface area (Å²) >= 11 is 0. The summed E-state index contributed by atoms with van der Waals surface area (Å²) in [5, 5.41) is 0. The number of hydrogen-bond donors (Lipinski definition) is 0. The lowest BCUT2D eigenvalue weighted by atomic mass is 10.3. The molecule has 1 aromatic rings. The zero-order valence-corrected chi connectivity index (χ0v) is 7.88. The molecule has 0 saturated heterocycles. The van der Waals surface area contributed by atoms with Crippen LogP contribution >= 0.6 is 0 Å². The van der Waals surface area contributed by atoms with Crippen LogP contribution in [0.25, 0.3) is 0 Å². The monoisotopic (exact) mass is 222 g/mol. The molecule has 0 bridgehead atoms. The minimum atomic E-state index is -4.67. The standard InChI is InChI=1S/C9H9F3O3/c1-13-6-14-7-2-4-8(5-3-7)15-9(10,11)12/h2-5H,6H2,1H3. The van der Waals surface area contributed by atoms with Crippen molar-refractivity contribution >= 4 is 0 Å². The maximum atomic E-state index is 11.8. The van der Waals surface area contributed by atoms with Gasteiger partial charge in [-0.1, -0.05) is 0 Å². The number of benzene rings is 1. The third-order valence-electron chi connectivity index (χ3n) is 1.40. The van der Waals surface area contributed by atoms with E-state index in [9.17, 15) is 13.2 Å². The van der Waals surface area contributed by atoms with Crippen LogP contribution in [-0.2, 0) is 4.74 Å². The summed E-state index contributed by atoms with van der Waals surface area (Å²) < 4.78 is 48.6. The topological polar surface area (TPSA) is 27.7 Å². The molecule has 0 N–H and O–H groups in total. The molecule has 0 unspecified atom stereocenters. The lowest BCUT2D eigenvalue weighted by Gasteiger charge is -2.09. The minimum absolute atomic E-state index is 0.0411. The van der Waals surface area contributed by atoms with E-state index in [-0.39, 0.29) is 12.5 Å². The van der Waals surface area contributed by atoms with Crippen LogP contribution in [0.5, 0.6) is 11.5 Å². The number of rotatable bonds is 4. The van der Waals surface area contributed by atoms with E-state index >= 15 is 0 Å². The van der Waals surface area contributed by atoms with E-state index < -0.39 is 6.36 Å². The second kappa shape index (κ2) is 4.88. The quantitative estimate of drug-likeness (QED) is 0.733. The van der Waals surface area contributed by atoms with E-state index in [0.717, 1.165) is 0 Å². The van der Waals surface area contributed by atoms with Crippen molar-refractivity contribution in [2.24, 2.45) is 0 Å². The third kappa shape index (κ3) is 4.55. The summed E-state index contributed by atoms with van der Waals surface area (Å²) in [6, 6.07) is 5.05. The third-order valence-corrected chi connectivity index (χ3v) is 1.40. The normalized spacial score (nSPS) is 11.2. The van der Waals surface area contributed by atoms with Gasteiger partial charge in [-0.25, -0.2) is 0 Å². The molecule has 0 fully saturated rings. The Balaban J connectivity index is 2.56. The predicted octanol–water partition coefficient (Wildman–Crippen LogP) is 2.57. The highest BCUT2D eigenvalue weighted by atomic mass is 19.4. The molecule has 0 aliphatic rings. The molecule has 0 aromatic heterocycles. The van der Waals surface area contributed by atoms with E-state index in [1.54, 1.807) is 0 Å². The molecular weight excluding hydrogens is 213 g/mol. The van der Waals surface area contributed by atoms with Gasteiger partial charge < -0.3 is 14.2 Å². The van der Waals surface area contributed by atoms with Crippen LogP contribution < -0.4 is 9.47 Å². The Hall–Kier alpha value is -1.43. The minimum Gasteiger partial charge on any atom is -0.468 e. The smallest absolute Gasteiger partial charge is 0.468 e. The van der Waals surface area contributed by atoms with Crippen LogP contribution in [0.15, 0.2) is 24.3 Å². The Morgan fingerprint density at radius 2 is 1.60 bits per heavy atom. The maximum absolute atomic E-state index is 11.8. The van der Waals surface area contributed by atoms with Gasteiger partial charge in [0.15, 0.2) is 6.79 Å². The van der Waals surface area contributed by atoms with Crippen molar-refractivity contribution in [3.8, 4) is 11.5 Å². The number of methoxy groups -OCH3 is 1. The summed E-state index contributed by atoms with van der Waals surface area (Å²) in [6.45, 7) is 0.0411. The van der Waals surface area contributed by atoms with Gasteiger partial charge in [0.1, 0.15) is 11.5 Å². The summed E-state index contributed by atoms with van der Waals surface area (Å²) in [5.41, 5.74) is 0. The zero-order valence-electron chi connectivity index (χ0n) is 7.88. The van der Waals surface area contributed by atoms with E-state index in [1.807, 2.05) is 0 Å². The Morgan fingerprint density at radius 1 is 1.07 bits per heavy atom.